The molecular weight excluding hydrogens is 260 g/mol. The molecule has 108 valence electrons. The van der Waals surface area contributed by atoms with Crippen LogP contribution in [0.1, 0.15) is 30.1 Å². The minimum atomic E-state index is -0.386. The van der Waals surface area contributed by atoms with Crippen molar-refractivity contribution < 1.29 is 19.1 Å². The fraction of sp³-hybridized carbons (Fsp3) is 0.429. The number of hydrazine groups is 1. The van der Waals surface area contributed by atoms with Crippen LogP contribution >= 0.6 is 0 Å². The second-order valence-electron chi connectivity index (χ2n) is 4.52. The molecule has 1 saturated carbocycles. The lowest BCUT2D eigenvalue weighted by atomic mass is 10.2. The summed E-state index contributed by atoms with van der Waals surface area (Å²) in [5, 5.41) is 0. The van der Waals surface area contributed by atoms with Gasteiger partial charge >= 0.3 is 0 Å². The Balaban J connectivity index is 2.01. The third-order valence-corrected chi connectivity index (χ3v) is 2.97. The zero-order valence-electron chi connectivity index (χ0n) is 11.6. The van der Waals surface area contributed by atoms with Gasteiger partial charge in [-0.1, -0.05) is 0 Å². The maximum absolute atomic E-state index is 11.9. The van der Waals surface area contributed by atoms with Crippen LogP contribution in [0, 0.1) is 5.92 Å². The van der Waals surface area contributed by atoms with Crippen molar-refractivity contribution in [2.24, 2.45) is 5.92 Å². The molecule has 1 aliphatic rings. The molecule has 0 saturated heterocycles. The van der Waals surface area contributed by atoms with Gasteiger partial charge in [0, 0.05) is 11.5 Å². The van der Waals surface area contributed by atoms with Crippen LogP contribution in [0.2, 0.25) is 0 Å². The zero-order valence-corrected chi connectivity index (χ0v) is 11.6. The van der Waals surface area contributed by atoms with E-state index in [-0.39, 0.29) is 17.7 Å². The molecule has 2 N–H and O–H groups in total. The van der Waals surface area contributed by atoms with Crippen molar-refractivity contribution in [1.29, 1.82) is 0 Å². The van der Waals surface area contributed by atoms with E-state index in [2.05, 4.69) is 10.9 Å². The third kappa shape index (κ3) is 3.40. The van der Waals surface area contributed by atoms with Crippen LogP contribution in [0.15, 0.2) is 18.2 Å². The molecular formula is C14H18N2O4. The number of nitrogens with one attached hydrogen (secondary N) is 2. The van der Waals surface area contributed by atoms with Crippen LogP contribution in [0.5, 0.6) is 11.5 Å². The van der Waals surface area contributed by atoms with Gasteiger partial charge in [-0.05, 0) is 38.0 Å². The Labute approximate surface area is 117 Å². The van der Waals surface area contributed by atoms with Crippen LogP contribution < -0.4 is 20.3 Å². The number of benzene rings is 1. The summed E-state index contributed by atoms with van der Waals surface area (Å²) >= 11 is 0. The molecule has 0 bridgehead atoms. The Kier molecular flexibility index (Phi) is 4.45. The quantitative estimate of drug-likeness (QED) is 0.795. The summed E-state index contributed by atoms with van der Waals surface area (Å²) in [5.74, 6) is 0.575. The van der Waals surface area contributed by atoms with Gasteiger partial charge in [0.1, 0.15) is 0 Å². The normalized spacial score (nSPS) is 13.5. The first-order chi connectivity index (χ1) is 9.65. The molecule has 1 aromatic rings. The minimum absolute atomic E-state index is 0.0464. The molecule has 6 nitrogen and oxygen atoms in total. The Hall–Kier alpha value is -2.24. The number of hydrogen-bond acceptors (Lipinski definition) is 4. The van der Waals surface area contributed by atoms with E-state index in [1.165, 1.54) is 7.11 Å². The summed E-state index contributed by atoms with van der Waals surface area (Å²) in [5.41, 5.74) is 5.20. The van der Waals surface area contributed by atoms with Gasteiger partial charge in [-0.3, -0.25) is 20.4 Å². The van der Waals surface area contributed by atoms with Crippen molar-refractivity contribution in [3.05, 3.63) is 23.8 Å². The molecule has 0 radical (unpaired) electrons. The summed E-state index contributed by atoms with van der Waals surface area (Å²) in [6.45, 7) is 2.32. The Morgan fingerprint density at radius 3 is 2.60 bits per heavy atom. The summed E-state index contributed by atoms with van der Waals surface area (Å²) in [6.07, 6.45) is 1.78. The number of carbonyl (C=O) groups is 2. The molecule has 0 unspecified atom stereocenters. The second kappa shape index (κ2) is 6.27. The van der Waals surface area contributed by atoms with Gasteiger partial charge in [-0.2, -0.15) is 0 Å². The lowest BCUT2D eigenvalue weighted by molar-refractivity contribution is -0.123. The van der Waals surface area contributed by atoms with Crippen LogP contribution in [0.25, 0.3) is 0 Å². The lowest BCUT2D eigenvalue weighted by Gasteiger charge is -2.11. The van der Waals surface area contributed by atoms with E-state index in [4.69, 9.17) is 9.47 Å². The van der Waals surface area contributed by atoms with Gasteiger partial charge in [0.2, 0.25) is 5.91 Å². The average molecular weight is 278 g/mol. The van der Waals surface area contributed by atoms with E-state index < -0.39 is 0 Å². The van der Waals surface area contributed by atoms with Crippen LogP contribution in [-0.4, -0.2) is 25.5 Å². The number of ether oxygens (including phenoxy) is 2. The van der Waals surface area contributed by atoms with Crippen LogP contribution in [-0.2, 0) is 4.79 Å². The highest BCUT2D eigenvalue weighted by Gasteiger charge is 2.29. The summed E-state index contributed by atoms with van der Waals surface area (Å²) in [7, 11) is 1.54. The topological polar surface area (TPSA) is 76.7 Å². The van der Waals surface area contributed by atoms with Gasteiger partial charge in [0.15, 0.2) is 11.5 Å². The van der Waals surface area contributed by atoms with Crippen molar-refractivity contribution in [3.8, 4) is 11.5 Å². The molecule has 20 heavy (non-hydrogen) atoms. The van der Waals surface area contributed by atoms with E-state index in [0.29, 0.717) is 23.7 Å². The molecule has 1 aromatic carbocycles. The number of rotatable bonds is 5. The predicted molar refractivity (Wildman–Crippen MR) is 72.5 cm³/mol. The number of amides is 2. The highest BCUT2D eigenvalue weighted by Crippen LogP contribution is 2.29. The van der Waals surface area contributed by atoms with E-state index in [0.717, 1.165) is 12.8 Å². The van der Waals surface area contributed by atoms with E-state index >= 15 is 0 Å². The molecule has 0 heterocycles. The zero-order chi connectivity index (χ0) is 14.5. The first-order valence-corrected chi connectivity index (χ1v) is 6.56. The van der Waals surface area contributed by atoms with Crippen LogP contribution in [0.4, 0.5) is 0 Å². The monoisotopic (exact) mass is 278 g/mol. The maximum atomic E-state index is 11.9. The smallest absolute Gasteiger partial charge is 0.269 e. The standard InChI is InChI=1S/C14H18N2O4/c1-3-20-12-8-10(6-7-11(12)19-2)14(18)16-15-13(17)9-4-5-9/h6-9H,3-5H2,1-2H3,(H,15,17)(H,16,18). The number of hydrogen-bond donors (Lipinski definition) is 2. The molecule has 0 atom stereocenters. The molecule has 1 fully saturated rings. The molecule has 2 amide bonds. The third-order valence-electron chi connectivity index (χ3n) is 2.97. The molecule has 6 heteroatoms. The lowest BCUT2D eigenvalue weighted by Crippen LogP contribution is -2.42. The maximum Gasteiger partial charge on any atom is 0.269 e. The second-order valence-corrected chi connectivity index (χ2v) is 4.52. The largest absolute Gasteiger partial charge is 0.493 e. The van der Waals surface area contributed by atoms with E-state index in [1.807, 2.05) is 6.92 Å². The van der Waals surface area contributed by atoms with Crippen molar-refractivity contribution >= 4 is 11.8 Å². The highest BCUT2D eigenvalue weighted by atomic mass is 16.5. The Morgan fingerprint density at radius 1 is 1.25 bits per heavy atom. The molecule has 1 aliphatic carbocycles. The molecule has 2 rings (SSSR count). The number of carbonyl (C=O) groups excluding carboxylic acids is 2. The summed E-state index contributed by atoms with van der Waals surface area (Å²) in [6, 6.07) is 4.85. The minimum Gasteiger partial charge on any atom is -0.493 e. The van der Waals surface area contributed by atoms with Crippen molar-refractivity contribution in [2.75, 3.05) is 13.7 Å². The van der Waals surface area contributed by atoms with Crippen LogP contribution in [0.3, 0.4) is 0 Å². The summed E-state index contributed by atoms with van der Waals surface area (Å²) < 4.78 is 10.5. The van der Waals surface area contributed by atoms with E-state index in [1.54, 1.807) is 18.2 Å². The van der Waals surface area contributed by atoms with E-state index in [9.17, 15) is 9.59 Å². The van der Waals surface area contributed by atoms with Gasteiger partial charge in [0.05, 0.1) is 13.7 Å². The fourth-order valence-electron chi connectivity index (χ4n) is 1.72. The summed E-state index contributed by atoms with van der Waals surface area (Å²) in [4.78, 5) is 23.4. The van der Waals surface area contributed by atoms with Crippen molar-refractivity contribution in [2.45, 2.75) is 19.8 Å². The number of methoxy groups -OCH3 is 1. The Bertz CT molecular complexity index is 512. The SMILES string of the molecule is CCOc1cc(C(=O)NNC(=O)C2CC2)ccc1OC. The van der Waals surface area contributed by atoms with Gasteiger partial charge < -0.3 is 9.47 Å². The van der Waals surface area contributed by atoms with Gasteiger partial charge in [0.25, 0.3) is 5.91 Å². The Morgan fingerprint density at radius 2 is 2.00 bits per heavy atom. The molecule has 0 aliphatic heterocycles. The first kappa shape index (κ1) is 14.2. The predicted octanol–water partition coefficient (Wildman–Crippen LogP) is 1.26. The van der Waals surface area contributed by atoms with Gasteiger partial charge in [-0.15, -0.1) is 0 Å². The van der Waals surface area contributed by atoms with Crippen molar-refractivity contribution in [1.82, 2.24) is 10.9 Å². The first-order valence-electron chi connectivity index (χ1n) is 6.56. The van der Waals surface area contributed by atoms with Gasteiger partial charge in [-0.25, -0.2) is 0 Å². The fourth-order valence-corrected chi connectivity index (χ4v) is 1.72. The average Bonchev–Trinajstić information content (AvgIpc) is 3.29. The highest BCUT2D eigenvalue weighted by molar-refractivity contribution is 5.96. The molecule has 0 aromatic heterocycles. The molecule has 0 spiro atoms. The van der Waals surface area contributed by atoms with Crippen molar-refractivity contribution in [3.63, 3.8) is 0 Å².